The van der Waals surface area contributed by atoms with E-state index in [1.54, 1.807) is 11.9 Å². The first-order chi connectivity index (χ1) is 7.42. The van der Waals surface area contributed by atoms with E-state index in [9.17, 15) is 4.79 Å². The highest BCUT2D eigenvalue weighted by atomic mass is 16.3. The van der Waals surface area contributed by atoms with Crippen molar-refractivity contribution in [3.05, 3.63) is 0 Å². The third kappa shape index (κ3) is 5.47. The fraction of sp³-hybridized carbons (Fsp3) is 0.917. The van der Waals surface area contributed by atoms with Gasteiger partial charge in [0.25, 0.3) is 0 Å². The molecule has 0 fully saturated rings. The largest absolute Gasteiger partial charge is 0.394 e. The zero-order valence-corrected chi connectivity index (χ0v) is 10.9. The highest BCUT2D eigenvalue weighted by Crippen LogP contribution is 2.15. The van der Waals surface area contributed by atoms with Gasteiger partial charge in [-0.1, -0.05) is 13.8 Å². The number of hydrogen-bond donors (Lipinski definition) is 2. The number of aliphatic hydroxyl groups is 1. The Morgan fingerprint density at radius 1 is 1.38 bits per heavy atom. The monoisotopic (exact) mass is 230 g/mol. The molecule has 0 aromatic carbocycles. The SMILES string of the molecule is CC(C)CC(CN)CC(=O)N(C)C(C)CO. The van der Waals surface area contributed by atoms with E-state index in [2.05, 4.69) is 13.8 Å². The van der Waals surface area contributed by atoms with E-state index in [0.29, 0.717) is 18.9 Å². The topological polar surface area (TPSA) is 66.6 Å². The van der Waals surface area contributed by atoms with Crippen molar-refractivity contribution in [1.29, 1.82) is 0 Å². The van der Waals surface area contributed by atoms with Gasteiger partial charge in [-0.3, -0.25) is 4.79 Å². The first kappa shape index (κ1) is 15.4. The second-order valence-electron chi connectivity index (χ2n) is 4.97. The zero-order valence-electron chi connectivity index (χ0n) is 10.9. The van der Waals surface area contributed by atoms with Crippen LogP contribution in [0.1, 0.15) is 33.6 Å². The van der Waals surface area contributed by atoms with Gasteiger partial charge in [0.2, 0.25) is 5.91 Å². The molecule has 0 spiro atoms. The lowest BCUT2D eigenvalue weighted by atomic mass is 9.93. The molecular weight excluding hydrogens is 204 g/mol. The van der Waals surface area contributed by atoms with Crippen molar-refractivity contribution >= 4 is 5.91 Å². The molecule has 2 atom stereocenters. The highest BCUT2D eigenvalue weighted by molar-refractivity contribution is 5.76. The normalized spacial score (nSPS) is 14.9. The molecule has 0 aliphatic rings. The van der Waals surface area contributed by atoms with Gasteiger partial charge in [0, 0.05) is 13.5 Å². The summed E-state index contributed by atoms with van der Waals surface area (Å²) in [7, 11) is 1.73. The summed E-state index contributed by atoms with van der Waals surface area (Å²) in [6.45, 7) is 6.64. The van der Waals surface area contributed by atoms with Crippen molar-refractivity contribution < 1.29 is 9.90 Å². The second-order valence-corrected chi connectivity index (χ2v) is 4.97. The molecule has 0 aliphatic heterocycles. The molecule has 0 radical (unpaired) electrons. The summed E-state index contributed by atoms with van der Waals surface area (Å²) in [4.78, 5) is 13.5. The van der Waals surface area contributed by atoms with Gasteiger partial charge >= 0.3 is 0 Å². The Hall–Kier alpha value is -0.610. The van der Waals surface area contributed by atoms with Crippen molar-refractivity contribution in [2.75, 3.05) is 20.2 Å². The zero-order chi connectivity index (χ0) is 12.7. The van der Waals surface area contributed by atoms with Gasteiger partial charge in [0.15, 0.2) is 0 Å². The fourth-order valence-electron chi connectivity index (χ4n) is 1.69. The first-order valence-corrected chi connectivity index (χ1v) is 5.98. The summed E-state index contributed by atoms with van der Waals surface area (Å²) < 4.78 is 0. The van der Waals surface area contributed by atoms with Crippen LogP contribution in [0, 0.1) is 11.8 Å². The van der Waals surface area contributed by atoms with Gasteiger partial charge in [-0.25, -0.2) is 0 Å². The second kappa shape index (κ2) is 7.63. The number of aliphatic hydroxyl groups excluding tert-OH is 1. The molecule has 1 amide bonds. The van der Waals surface area contributed by atoms with Crippen LogP contribution in [0.5, 0.6) is 0 Å². The molecular formula is C12H26N2O2. The maximum absolute atomic E-state index is 11.9. The molecule has 4 nitrogen and oxygen atoms in total. The van der Waals surface area contributed by atoms with E-state index < -0.39 is 0 Å². The molecule has 0 rings (SSSR count). The van der Waals surface area contributed by atoms with Crippen molar-refractivity contribution in [2.24, 2.45) is 17.6 Å². The summed E-state index contributed by atoms with van der Waals surface area (Å²) in [6, 6.07) is -0.120. The lowest BCUT2D eigenvalue weighted by molar-refractivity contribution is -0.133. The average Bonchev–Trinajstić information content (AvgIpc) is 2.25. The van der Waals surface area contributed by atoms with E-state index in [4.69, 9.17) is 10.8 Å². The van der Waals surface area contributed by atoms with Crippen molar-refractivity contribution in [2.45, 2.75) is 39.7 Å². The Balaban J connectivity index is 4.19. The van der Waals surface area contributed by atoms with Gasteiger partial charge in [0.05, 0.1) is 12.6 Å². The summed E-state index contributed by atoms with van der Waals surface area (Å²) in [6.07, 6.45) is 1.46. The molecule has 0 saturated carbocycles. The van der Waals surface area contributed by atoms with Crippen LogP contribution in [-0.4, -0.2) is 42.2 Å². The van der Waals surface area contributed by atoms with Gasteiger partial charge in [0.1, 0.15) is 0 Å². The number of carbonyl (C=O) groups excluding carboxylic acids is 1. The lowest BCUT2D eigenvalue weighted by Gasteiger charge is -2.25. The number of carbonyl (C=O) groups is 1. The Bertz CT molecular complexity index is 207. The maximum atomic E-state index is 11.9. The standard InChI is InChI=1S/C12H26N2O2/c1-9(2)5-11(7-13)6-12(16)14(4)10(3)8-15/h9-11,15H,5-8,13H2,1-4H3. The van der Waals surface area contributed by atoms with Crippen LogP contribution in [0.4, 0.5) is 0 Å². The summed E-state index contributed by atoms with van der Waals surface area (Å²) in [5.41, 5.74) is 5.66. The molecule has 0 aromatic heterocycles. The van der Waals surface area contributed by atoms with Crippen LogP contribution in [-0.2, 0) is 4.79 Å². The Labute approximate surface area is 98.8 Å². The molecule has 0 bridgehead atoms. The summed E-state index contributed by atoms with van der Waals surface area (Å²) >= 11 is 0. The van der Waals surface area contributed by atoms with Crippen LogP contribution >= 0.6 is 0 Å². The first-order valence-electron chi connectivity index (χ1n) is 5.98. The Kier molecular flexibility index (Phi) is 7.34. The van der Waals surface area contributed by atoms with E-state index in [1.165, 1.54) is 0 Å². The van der Waals surface area contributed by atoms with Crippen molar-refractivity contribution in [3.8, 4) is 0 Å². The van der Waals surface area contributed by atoms with Crippen LogP contribution < -0.4 is 5.73 Å². The van der Waals surface area contributed by atoms with Crippen molar-refractivity contribution in [1.82, 2.24) is 4.90 Å². The average molecular weight is 230 g/mol. The molecule has 16 heavy (non-hydrogen) atoms. The third-order valence-corrected chi connectivity index (χ3v) is 2.92. The van der Waals surface area contributed by atoms with Gasteiger partial charge < -0.3 is 15.7 Å². The molecule has 0 aliphatic carbocycles. The summed E-state index contributed by atoms with van der Waals surface area (Å²) in [5, 5.41) is 8.97. The molecule has 2 unspecified atom stereocenters. The van der Waals surface area contributed by atoms with Crippen LogP contribution in [0.25, 0.3) is 0 Å². The molecule has 0 saturated heterocycles. The quantitative estimate of drug-likeness (QED) is 0.681. The van der Waals surface area contributed by atoms with Crippen LogP contribution in [0.3, 0.4) is 0 Å². The number of rotatable bonds is 7. The predicted octanol–water partition coefficient (Wildman–Crippen LogP) is 0.837. The molecule has 0 heterocycles. The number of hydrogen-bond acceptors (Lipinski definition) is 3. The van der Waals surface area contributed by atoms with E-state index >= 15 is 0 Å². The number of likely N-dealkylation sites (N-methyl/N-ethyl adjacent to an activating group) is 1. The lowest BCUT2D eigenvalue weighted by Crippen LogP contribution is -2.39. The van der Waals surface area contributed by atoms with Crippen LogP contribution in [0.15, 0.2) is 0 Å². The Morgan fingerprint density at radius 3 is 2.31 bits per heavy atom. The minimum absolute atomic E-state index is 0.000285. The maximum Gasteiger partial charge on any atom is 0.222 e. The van der Waals surface area contributed by atoms with Gasteiger partial charge in [-0.2, -0.15) is 0 Å². The fourth-order valence-corrected chi connectivity index (χ4v) is 1.69. The minimum atomic E-state index is -0.120. The van der Waals surface area contributed by atoms with Gasteiger partial charge in [-0.05, 0) is 31.7 Å². The summed E-state index contributed by atoms with van der Waals surface area (Å²) in [5.74, 6) is 0.875. The van der Waals surface area contributed by atoms with Crippen molar-refractivity contribution in [3.63, 3.8) is 0 Å². The predicted molar refractivity (Wildman–Crippen MR) is 65.9 cm³/mol. The minimum Gasteiger partial charge on any atom is -0.394 e. The molecule has 0 aromatic rings. The molecule has 3 N–H and O–H groups in total. The van der Waals surface area contributed by atoms with E-state index in [0.717, 1.165) is 6.42 Å². The molecule has 96 valence electrons. The number of nitrogens with two attached hydrogens (primary N) is 1. The van der Waals surface area contributed by atoms with E-state index in [-0.39, 0.29) is 24.5 Å². The smallest absolute Gasteiger partial charge is 0.222 e. The third-order valence-electron chi connectivity index (χ3n) is 2.92. The van der Waals surface area contributed by atoms with Crippen LogP contribution in [0.2, 0.25) is 0 Å². The number of amides is 1. The van der Waals surface area contributed by atoms with Gasteiger partial charge in [-0.15, -0.1) is 0 Å². The highest BCUT2D eigenvalue weighted by Gasteiger charge is 2.19. The number of nitrogens with zero attached hydrogens (tertiary/aromatic N) is 1. The van der Waals surface area contributed by atoms with E-state index in [1.807, 2.05) is 6.92 Å². The molecule has 4 heteroatoms. The Morgan fingerprint density at radius 2 is 1.94 bits per heavy atom.